The minimum Gasteiger partial charge on any atom is -0.353 e. The van der Waals surface area contributed by atoms with Crippen LogP contribution in [0.1, 0.15) is 18.1 Å². The number of rotatable bonds is 3. The van der Waals surface area contributed by atoms with Gasteiger partial charge in [0.1, 0.15) is 12.5 Å². The summed E-state index contributed by atoms with van der Waals surface area (Å²) in [6.45, 7) is 1.15. The number of anilines is 1. The van der Waals surface area contributed by atoms with Crippen LogP contribution in [0.3, 0.4) is 0 Å². The number of halogens is 2. The van der Waals surface area contributed by atoms with E-state index in [9.17, 15) is 4.39 Å². The summed E-state index contributed by atoms with van der Waals surface area (Å²) in [6, 6.07) is 8.64. The average Bonchev–Trinajstić information content (AvgIpc) is 3.15. The van der Waals surface area contributed by atoms with Crippen LogP contribution in [0.5, 0.6) is 0 Å². The zero-order valence-corrected chi connectivity index (χ0v) is 14.1. The lowest BCUT2D eigenvalue weighted by Gasteiger charge is -2.32. The van der Waals surface area contributed by atoms with Gasteiger partial charge in [0, 0.05) is 30.7 Å². The molecule has 4 rings (SSSR count). The topological polar surface area (TPSA) is 54.0 Å². The van der Waals surface area contributed by atoms with Crippen molar-refractivity contribution in [3.63, 3.8) is 0 Å². The molecule has 1 saturated heterocycles. The number of H-pyrrole nitrogens is 1. The molecule has 1 N–H and O–H groups in total. The third-order valence-corrected chi connectivity index (χ3v) is 4.55. The van der Waals surface area contributed by atoms with Crippen LogP contribution < -0.4 is 4.90 Å². The van der Waals surface area contributed by atoms with Crippen LogP contribution in [0.15, 0.2) is 48.9 Å². The maximum atomic E-state index is 13.6. The smallest absolute Gasteiger partial charge is 0.205 e. The van der Waals surface area contributed by atoms with E-state index in [0.29, 0.717) is 6.73 Å². The summed E-state index contributed by atoms with van der Waals surface area (Å²) in [5, 5.41) is 0.125. The van der Waals surface area contributed by atoms with Gasteiger partial charge in [0.15, 0.2) is 0 Å². The van der Waals surface area contributed by atoms with Crippen molar-refractivity contribution >= 4 is 17.5 Å². The van der Waals surface area contributed by atoms with Gasteiger partial charge in [0.05, 0.1) is 16.8 Å². The Hall–Kier alpha value is -2.44. The maximum Gasteiger partial charge on any atom is 0.205 e. The van der Waals surface area contributed by atoms with Crippen molar-refractivity contribution in [2.75, 3.05) is 18.2 Å². The van der Waals surface area contributed by atoms with Crippen molar-refractivity contribution in [2.45, 2.75) is 12.5 Å². The Labute approximate surface area is 149 Å². The fourth-order valence-corrected chi connectivity index (χ4v) is 3.01. The molecule has 1 unspecified atom stereocenters. The van der Waals surface area contributed by atoms with Crippen LogP contribution in [-0.4, -0.2) is 28.2 Å². The number of benzene rings is 1. The molecule has 5 nitrogen and oxygen atoms in total. The molecule has 7 heteroatoms. The highest BCUT2D eigenvalue weighted by Gasteiger charge is 2.23. The summed E-state index contributed by atoms with van der Waals surface area (Å²) in [4.78, 5) is 13.8. The number of nitrogens with zero attached hydrogens (tertiary/aromatic N) is 3. The number of aromatic nitrogens is 3. The van der Waals surface area contributed by atoms with Gasteiger partial charge in [0.25, 0.3) is 0 Å². The Balaban J connectivity index is 1.44. The third-order valence-electron chi connectivity index (χ3n) is 4.25. The molecule has 0 amide bonds. The van der Waals surface area contributed by atoms with Gasteiger partial charge in [-0.2, -0.15) is 0 Å². The van der Waals surface area contributed by atoms with Gasteiger partial charge >= 0.3 is 0 Å². The molecule has 1 fully saturated rings. The number of hydrogen-bond acceptors (Lipinski definition) is 4. The monoisotopic (exact) mass is 358 g/mol. The van der Waals surface area contributed by atoms with Gasteiger partial charge in [-0.05, 0) is 36.2 Å². The highest BCUT2D eigenvalue weighted by Crippen LogP contribution is 2.30. The second kappa shape index (κ2) is 6.82. The predicted octanol–water partition coefficient (Wildman–Crippen LogP) is 4.19. The highest BCUT2D eigenvalue weighted by molar-refractivity contribution is 6.30. The molecule has 1 aliphatic rings. The Bertz CT molecular complexity index is 863. The Kier molecular flexibility index (Phi) is 4.38. The molecule has 1 aliphatic heterocycles. The molecular formula is C18H16ClFN4O. The number of nitrogens with one attached hydrogen (secondary N) is 1. The normalized spacial score (nSPS) is 17.7. The zero-order chi connectivity index (χ0) is 17.2. The summed E-state index contributed by atoms with van der Waals surface area (Å²) in [7, 11) is 0. The first-order valence-corrected chi connectivity index (χ1v) is 8.36. The van der Waals surface area contributed by atoms with Crippen molar-refractivity contribution in [3.05, 3.63) is 65.3 Å². The van der Waals surface area contributed by atoms with Crippen molar-refractivity contribution in [3.8, 4) is 11.3 Å². The minimum absolute atomic E-state index is 0.125. The highest BCUT2D eigenvalue weighted by atomic mass is 35.5. The predicted molar refractivity (Wildman–Crippen MR) is 93.9 cm³/mol. The van der Waals surface area contributed by atoms with E-state index in [1.165, 1.54) is 6.07 Å². The van der Waals surface area contributed by atoms with E-state index < -0.39 is 5.82 Å². The van der Waals surface area contributed by atoms with Gasteiger partial charge in [-0.25, -0.2) is 9.37 Å². The Morgan fingerprint density at radius 2 is 2.08 bits per heavy atom. The Morgan fingerprint density at radius 1 is 1.24 bits per heavy atom. The maximum absolute atomic E-state index is 13.6. The van der Waals surface area contributed by atoms with Gasteiger partial charge in [-0.1, -0.05) is 17.7 Å². The molecule has 0 aliphatic carbocycles. The fourth-order valence-electron chi connectivity index (χ4n) is 2.89. The van der Waals surface area contributed by atoms with Gasteiger partial charge < -0.3 is 14.6 Å². The van der Waals surface area contributed by atoms with Crippen LogP contribution in [0.2, 0.25) is 5.02 Å². The summed E-state index contributed by atoms with van der Waals surface area (Å²) in [6.07, 6.45) is 5.95. The van der Waals surface area contributed by atoms with E-state index >= 15 is 0 Å². The first-order valence-electron chi connectivity index (χ1n) is 7.98. The number of hydrogen-bond donors (Lipinski definition) is 1. The summed E-state index contributed by atoms with van der Waals surface area (Å²) in [5.41, 5.74) is 2.67. The van der Waals surface area contributed by atoms with Crippen LogP contribution in [0.25, 0.3) is 11.3 Å². The summed E-state index contributed by atoms with van der Waals surface area (Å²) in [5.74, 6) is 0.339. The number of pyridine rings is 1. The fraction of sp³-hybridized carbons (Fsp3) is 0.222. The second-order valence-corrected chi connectivity index (χ2v) is 6.26. The first kappa shape index (κ1) is 16.1. The second-order valence-electron chi connectivity index (χ2n) is 5.86. The zero-order valence-electron chi connectivity index (χ0n) is 13.3. The van der Waals surface area contributed by atoms with Crippen molar-refractivity contribution in [1.82, 2.24) is 15.0 Å². The lowest BCUT2D eigenvalue weighted by Crippen LogP contribution is -2.35. The molecule has 2 aromatic heterocycles. The Morgan fingerprint density at radius 3 is 2.80 bits per heavy atom. The quantitative estimate of drug-likeness (QED) is 0.762. The van der Waals surface area contributed by atoms with E-state index in [-0.39, 0.29) is 11.1 Å². The molecule has 3 heterocycles. The molecule has 0 bridgehead atoms. The van der Waals surface area contributed by atoms with Crippen molar-refractivity contribution in [1.29, 1.82) is 0 Å². The summed E-state index contributed by atoms with van der Waals surface area (Å²) >= 11 is 5.74. The molecule has 0 radical (unpaired) electrons. The molecular weight excluding hydrogens is 343 g/mol. The van der Waals surface area contributed by atoms with Gasteiger partial charge in [-0.15, -0.1) is 0 Å². The SMILES string of the molecule is Fc1cc(C2CCN(c3nc(-c4ccncc4)c[nH]3)CO2)ccc1Cl. The first-order chi connectivity index (χ1) is 12.2. The number of aromatic amines is 1. The number of imidazole rings is 1. The average molecular weight is 359 g/mol. The van der Waals surface area contributed by atoms with E-state index in [1.54, 1.807) is 24.5 Å². The van der Waals surface area contributed by atoms with E-state index in [0.717, 1.165) is 35.7 Å². The van der Waals surface area contributed by atoms with Crippen molar-refractivity contribution in [2.24, 2.45) is 0 Å². The van der Waals surface area contributed by atoms with Crippen LogP contribution in [-0.2, 0) is 4.74 Å². The van der Waals surface area contributed by atoms with Crippen LogP contribution in [0.4, 0.5) is 10.3 Å². The lowest BCUT2D eigenvalue weighted by atomic mass is 10.1. The molecule has 25 heavy (non-hydrogen) atoms. The molecule has 3 aromatic rings. The molecule has 1 aromatic carbocycles. The minimum atomic E-state index is -0.418. The van der Waals surface area contributed by atoms with E-state index in [2.05, 4.69) is 15.0 Å². The molecule has 0 saturated carbocycles. The van der Waals surface area contributed by atoms with E-state index in [1.807, 2.05) is 23.2 Å². The lowest BCUT2D eigenvalue weighted by molar-refractivity contribution is 0.0232. The molecule has 128 valence electrons. The largest absolute Gasteiger partial charge is 0.353 e. The molecule has 1 atom stereocenters. The van der Waals surface area contributed by atoms with E-state index in [4.69, 9.17) is 16.3 Å². The van der Waals surface area contributed by atoms with Gasteiger partial charge in [-0.3, -0.25) is 4.98 Å². The number of ether oxygens (including phenoxy) is 1. The summed E-state index contributed by atoms with van der Waals surface area (Å²) < 4.78 is 19.5. The van der Waals surface area contributed by atoms with Crippen LogP contribution >= 0.6 is 11.6 Å². The molecule has 0 spiro atoms. The standard InChI is InChI=1S/C18H16ClFN4O/c19-14-2-1-13(9-15(14)20)17-5-8-24(11-25-17)18-22-10-16(23-18)12-3-6-21-7-4-12/h1-4,6-7,9-10,17H,5,8,11H2,(H,22,23). The van der Waals surface area contributed by atoms with Crippen LogP contribution in [0, 0.1) is 5.82 Å². The van der Waals surface area contributed by atoms with Crippen molar-refractivity contribution < 1.29 is 9.13 Å². The van der Waals surface area contributed by atoms with Gasteiger partial charge in [0.2, 0.25) is 5.95 Å². The third kappa shape index (κ3) is 3.36.